The van der Waals surface area contributed by atoms with Crippen molar-refractivity contribution >= 4 is 0 Å². The Labute approximate surface area is 83.4 Å². The van der Waals surface area contributed by atoms with Gasteiger partial charge < -0.3 is 4.74 Å². The van der Waals surface area contributed by atoms with Gasteiger partial charge in [-0.05, 0) is 6.42 Å². The van der Waals surface area contributed by atoms with Crippen molar-refractivity contribution in [2.75, 3.05) is 13.7 Å². The summed E-state index contributed by atoms with van der Waals surface area (Å²) < 4.78 is 6.66. The molecule has 0 fully saturated rings. The molecule has 0 amide bonds. The van der Waals surface area contributed by atoms with Crippen LogP contribution in [-0.2, 0) is 18.2 Å². The van der Waals surface area contributed by atoms with Crippen LogP contribution in [0.15, 0.2) is 6.20 Å². The molecular weight excluding hydrogens is 182 g/mol. The van der Waals surface area contributed by atoms with E-state index in [-0.39, 0.29) is 6.04 Å². The SMILES string of the molecule is COCCC(Cc1cn(C)nn1)NN. The van der Waals surface area contributed by atoms with E-state index in [9.17, 15) is 0 Å². The molecule has 0 saturated heterocycles. The van der Waals surface area contributed by atoms with Crippen LogP contribution >= 0.6 is 0 Å². The first-order chi connectivity index (χ1) is 6.76. The van der Waals surface area contributed by atoms with E-state index in [1.807, 2.05) is 13.2 Å². The van der Waals surface area contributed by atoms with Gasteiger partial charge in [0.15, 0.2) is 0 Å². The van der Waals surface area contributed by atoms with Crippen molar-refractivity contribution in [3.63, 3.8) is 0 Å². The lowest BCUT2D eigenvalue weighted by Crippen LogP contribution is -2.37. The molecule has 1 unspecified atom stereocenters. The molecule has 0 aliphatic carbocycles. The molecule has 0 aliphatic heterocycles. The molecule has 1 atom stereocenters. The third-order valence-electron chi connectivity index (χ3n) is 2.01. The second kappa shape index (κ2) is 5.69. The molecule has 1 aromatic rings. The largest absolute Gasteiger partial charge is 0.385 e. The normalized spacial score (nSPS) is 13.1. The molecule has 6 nitrogen and oxygen atoms in total. The van der Waals surface area contributed by atoms with Crippen LogP contribution in [0.3, 0.4) is 0 Å². The minimum atomic E-state index is 0.187. The number of hydrogen-bond donors (Lipinski definition) is 2. The first kappa shape index (κ1) is 11.1. The van der Waals surface area contributed by atoms with Crippen molar-refractivity contribution in [1.82, 2.24) is 20.4 Å². The Hall–Kier alpha value is -0.980. The van der Waals surface area contributed by atoms with Gasteiger partial charge >= 0.3 is 0 Å². The van der Waals surface area contributed by atoms with Crippen LogP contribution in [0.1, 0.15) is 12.1 Å². The lowest BCUT2D eigenvalue weighted by atomic mass is 10.1. The fraction of sp³-hybridized carbons (Fsp3) is 0.750. The topological polar surface area (TPSA) is 78.0 Å². The molecule has 0 aliphatic rings. The monoisotopic (exact) mass is 199 g/mol. The van der Waals surface area contributed by atoms with Crippen molar-refractivity contribution in [3.05, 3.63) is 11.9 Å². The average molecular weight is 199 g/mol. The first-order valence-corrected chi connectivity index (χ1v) is 4.56. The average Bonchev–Trinajstić information content (AvgIpc) is 2.58. The second-order valence-corrected chi connectivity index (χ2v) is 3.23. The number of methoxy groups -OCH3 is 1. The van der Waals surface area contributed by atoms with E-state index < -0.39 is 0 Å². The van der Waals surface area contributed by atoms with E-state index in [1.165, 1.54) is 0 Å². The zero-order valence-corrected chi connectivity index (χ0v) is 8.60. The molecule has 1 rings (SSSR count). The molecular formula is C8H17N5O. The summed E-state index contributed by atoms with van der Waals surface area (Å²) in [6, 6.07) is 0.187. The van der Waals surface area contributed by atoms with Crippen LogP contribution in [0.4, 0.5) is 0 Å². The van der Waals surface area contributed by atoms with E-state index in [0.717, 1.165) is 18.5 Å². The van der Waals surface area contributed by atoms with Crippen molar-refractivity contribution < 1.29 is 4.74 Å². The quantitative estimate of drug-likeness (QED) is 0.464. The number of ether oxygens (including phenoxy) is 1. The van der Waals surface area contributed by atoms with Gasteiger partial charge in [0, 0.05) is 39.4 Å². The van der Waals surface area contributed by atoms with Crippen molar-refractivity contribution in [2.45, 2.75) is 18.9 Å². The Bertz CT molecular complexity index is 262. The third-order valence-corrected chi connectivity index (χ3v) is 2.01. The summed E-state index contributed by atoms with van der Waals surface area (Å²) in [4.78, 5) is 0. The maximum absolute atomic E-state index is 5.41. The summed E-state index contributed by atoms with van der Waals surface area (Å²) in [7, 11) is 3.52. The van der Waals surface area contributed by atoms with Crippen molar-refractivity contribution in [1.29, 1.82) is 0 Å². The fourth-order valence-corrected chi connectivity index (χ4v) is 1.25. The van der Waals surface area contributed by atoms with Crippen LogP contribution in [0.5, 0.6) is 0 Å². The predicted molar refractivity (Wildman–Crippen MR) is 52.3 cm³/mol. The molecule has 0 bridgehead atoms. The molecule has 0 saturated carbocycles. The third kappa shape index (κ3) is 3.41. The van der Waals surface area contributed by atoms with E-state index in [4.69, 9.17) is 10.6 Å². The van der Waals surface area contributed by atoms with Gasteiger partial charge in [-0.15, -0.1) is 5.10 Å². The Morgan fingerprint density at radius 1 is 1.71 bits per heavy atom. The van der Waals surface area contributed by atoms with Crippen LogP contribution in [0.25, 0.3) is 0 Å². The molecule has 0 aromatic carbocycles. The zero-order chi connectivity index (χ0) is 10.4. The van der Waals surface area contributed by atoms with Crippen LogP contribution < -0.4 is 11.3 Å². The molecule has 1 aromatic heterocycles. The van der Waals surface area contributed by atoms with Gasteiger partial charge in [0.1, 0.15) is 0 Å². The van der Waals surface area contributed by atoms with Crippen molar-refractivity contribution in [2.24, 2.45) is 12.9 Å². The smallest absolute Gasteiger partial charge is 0.0843 e. The number of rotatable bonds is 6. The maximum atomic E-state index is 5.41. The molecule has 0 radical (unpaired) electrons. The summed E-state index contributed by atoms with van der Waals surface area (Å²) >= 11 is 0. The van der Waals surface area contributed by atoms with E-state index in [1.54, 1.807) is 11.8 Å². The highest BCUT2D eigenvalue weighted by Gasteiger charge is 2.09. The molecule has 3 N–H and O–H groups in total. The van der Waals surface area contributed by atoms with Gasteiger partial charge in [-0.2, -0.15) is 0 Å². The van der Waals surface area contributed by atoms with Gasteiger partial charge in [0.25, 0.3) is 0 Å². The van der Waals surface area contributed by atoms with Crippen LogP contribution in [0.2, 0.25) is 0 Å². The maximum Gasteiger partial charge on any atom is 0.0843 e. The highest BCUT2D eigenvalue weighted by Crippen LogP contribution is 2.01. The number of aromatic nitrogens is 3. The Morgan fingerprint density at radius 3 is 3.00 bits per heavy atom. The summed E-state index contributed by atoms with van der Waals surface area (Å²) in [5.41, 5.74) is 3.67. The van der Waals surface area contributed by atoms with Gasteiger partial charge in [0.2, 0.25) is 0 Å². The standard InChI is InChI=1S/C8H17N5O/c1-13-6-8(11-12-13)5-7(10-9)3-4-14-2/h6-7,10H,3-5,9H2,1-2H3. The van der Waals surface area contributed by atoms with E-state index >= 15 is 0 Å². The number of hydrogen-bond acceptors (Lipinski definition) is 5. The Kier molecular flexibility index (Phi) is 4.51. The molecule has 80 valence electrons. The molecule has 6 heteroatoms. The van der Waals surface area contributed by atoms with E-state index in [2.05, 4.69) is 15.7 Å². The molecule has 0 spiro atoms. The zero-order valence-electron chi connectivity index (χ0n) is 8.60. The molecule has 1 heterocycles. The first-order valence-electron chi connectivity index (χ1n) is 4.56. The molecule has 14 heavy (non-hydrogen) atoms. The summed E-state index contributed by atoms with van der Waals surface area (Å²) in [5, 5.41) is 7.84. The number of hydrazine groups is 1. The lowest BCUT2D eigenvalue weighted by Gasteiger charge is -2.12. The van der Waals surface area contributed by atoms with Crippen LogP contribution in [-0.4, -0.2) is 34.8 Å². The van der Waals surface area contributed by atoms with Gasteiger partial charge in [-0.25, -0.2) is 0 Å². The number of nitrogens with two attached hydrogens (primary N) is 1. The number of nitrogens with zero attached hydrogens (tertiary/aromatic N) is 3. The second-order valence-electron chi connectivity index (χ2n) is 3.23. The Balaban J connectivity index is 2.40. The summed E-state index contributed by atoms with van der Waals surface area (Å²) in [6.45, 7) is 0.690. The Morgan fingerprint density at radius 2 is 2.50 bits per heavy atom. The van der Waals surface area contributed by atoms with Gasteiger partial charge in [0.05, 0.1) is 5.69 Å². The highest BCUT2D eigenvalue weighted by molar-refractivity contribution is 4.95. The summed E-state index contributed by atoms with van der Waals surface area (Å²) in [5.74, 6) is 5.41. The highest BCUT2D eigenvalue weighted by atomic mass is 16.5. The number of aryl methyl sites for hydroxylation is 1. The fourth-order valence-electron chi connectivity index (χ4n) is 1.25. The number of nitrogens with one attached hydrogen (secondary N) is 1. The minimum absolute atomic E-state index is 0.187. The predicted octanol–water partition coefficient (Wildman–Crippen LogP) is -0.774. The van der Waals surface area contributed by atoms with E-state index in [0.29, 0.717) is 6.61 Å². The van der Waals surface area contributed by atoms with Gasteiger partial charge in [-0.3, -0.25) is 16.0 Å². The van der Waals surface area contributed by atoms with Crippen LogP contribution in [0, 0.1) is 0 Å². The lowest BCUT2D eigenvalue weighted by molar-refractivity contribution is 0.182. The minimum Gasteiger partial charge on any atom is -0.385 e. The summed E-state index contributed by atoms with van der Waals surface area (Å²) in [6.07, 6.45) is 3.52. The van der Waals surface area contributed by atoms with Crippen molar-refractivity contribution in [3.8, 4) is 0 Å². The van der Waals surface area contributed by atoms with Gasteiger partial charge in [-0.1, -0.05) is 5.21 Å².